The van der Waals surface area contributed by atoms with Gasteiger partial charge in [-0.3, -0.25) is 4.79 Å². The zero-order valence-electron chi connectivity index (χ0n) is 11.1. The van der Waals surface area contributed by atoms with Gasteiger partial charge in [0.1, 0.15) is 6.61 Å². The normalized spacial score (nSPS) is 41.1. The first-order chi connectivity index (χ1) is 9.22. The number of hydrogen-bond acceptors (Lipinski definition) is 3. The topological polar surface area (TPSA) is 46.6 Å². The largest absolute Gasteiger partial charge is 0.462 e. The quantitative estimate of drug-likeness (QED) is 0.623. The van der Waals surface area contributed by atoms with E-state index in [0.717, 1.165) is 25.8 Å². The van der Waals surface area contributed by atoms with Crippen LogP contribution in [-0.2, 0) is 14.3 Å². The highest BCUT2D eigenvalue weighted by Gasteiger charge is 2.60. The number of esters is 1. The summed E-state index contributed by atoms with van der Waals surface area (Å²) < 4.78 is 5.28. The number of nitrogens with zero attached hydrogens (tertiary/aromatic N) is 1. The lowest BCUT2D eigenvalue weighted by Gasteiger charge is -2.54. The number of carbonyl (C=O) groups is 2. The molecule has 3 atom stereocenters. The second-order valence-corrected chi connectivity index (χ2v) is 6.34. The summed E-state index contributed by atoms with van der Waals surface area (Å²) in [7, 11) is 0. The first kappa shape index (κ1) is 11.5. The Bertz CT molecular complexity index is 484. The molecule has 3 fully saturated rings. The monoisotopic (exact) mass is 261 g/mol. The van der Waals surface area contributed by atoms with E-state index in [1.165, 1.54) is 18.4 Å². The van der Waals surface area contributed by atoms with E-state index in [2.05, 4.69) is 4.90 Å². The molecule has 4 aliphatic rings. The standard InChI is InChI=1S/C15H19NO3/c17-13-8-11-3-1-2-5-15(11)12-9-19-14(18)7-10(12)4-6-16(13)15/h7,11-12H,1-6,8-9H2/t11-,12+,15-/m0/s1. The highest BCUT2D eigenvalue weighted by atomic mass is 16.5. The van der Waals surface area contributed by atoms with Crippen molar-refractivity contribution >= 4 is 11.9 Å². The maximum atomic E-state index is 12.3. The summed E-state index contributed by atoms with van der Waals surface area (Å²) in [5.41, 5.74) is 1.20. The number of piperidine rings is 1. The lowest BCUT2D eigenvalue weighted by molar-refractivity contribution is -0.146. The number of ether oxygens (including phenoxy) is 1. The molecule has 0 radical (unpaired) electrons. The van der Waals surface area contributed by atoms with E-state index in [4.69, 9.17) is 4.74 Å². The highest BCUT2D eigenvalue weighted by molar-refractivity contribution is 5.85. The van der Waals surface area contributed by atoms with Crippen molar-refractivity contribution in [2.45, 2.75) is 44.1 Å². The molecule has 1 saturated carbocycles. The Balaban J connectivity index is 1.80. The first-order valence-electron chi connectivity index (χ1n) is 7.39. The fraction of sp³-hybridized carbons (Fsp3) is 0.733. The summed E-state index contributed by atoms with van der Waals surface area (Å²) in [6.45, 7) is 1.27. The van der Waals surface area contributed by atoms with E-state index in [1.807, 2.05) is 0 Å². The van der Waals surface area contributed by atoms with Gasteiger partial charge in [-0.15, -0.1) is 0 Å². The summed E-state index contributed by atoms with van der Waals surface area (Å²) in [5, 5.41) is 0. The molecule has 0 unspecified atom stereocenters. The molecule has 1 aliphatic carbocycles. The number of carbonyl (C=O) groups excluding carboxylic acids is 2. The number of cyclic esters (lactones) is 1. The third kappa shape index (κ3) is 1.40. The molecule has 4 rings (SSSR count). The molecule has 2 saturated heterocycles. The van der Waals surface area contributed by atoms with E-state index < -0.39 is 0 Å². The third-order valence-electron chi connectivity index (χ3n) is 5.68. The molecule has 0 aromatic carbocycles. The van der Waals surface area contributed by atoms with Crippen molar-refractivity contribution in [1.82, 2.24) is 4.90 Å². The van der Waals surface area contributed by atoms with Crippen LogP contribution in [0.15, 0.2) is 11.6 Å². The highest BCUT2D eigenvalue weighted by Crippen LogP contribution is 2.55. The molecule has 3 heterocycles. The van der Waals surface area contributed by atoms with E-state index >= 15 is 0 Å². The van der Waals surface area contributed by atoms with E-state index in [0.29, 0.717) is 24.9 Å². The van der Waals surface area contributed by atoms with Gasteiger partial charge in [0.05, 0.1) is 5.54 Å². The third-order valence-corrected chi connectivity index (χ3v) is 5.68. The molecule has 102 valence electrons. The van der Waals surface area contributed by atoms with Crippen LogP contribution in [0.5, 0.6) is 0 Å². The average Bonchev–Trinajstić information content (AvgIpc) is 2.71. The van der Waals surface area contributed by atoms with Crippen molar-refractivity contribution in [2.24, 2.45) is 11.8 Å². The predicted octanol–water partition coefficient (Wildman–Crippen LogP) is 1.65. The lowest BCUT2D eigenvalue weighted by Crippen LogP contribution is -2.61. The van der Waals surface area contributed by atoms with E-state index in [9.17, 15) is 9.59 Å². The molecular formula is C15H19NO3. The molecule has 0 bridgehead atoms. The van der Waals surface area contributed by atoms with Crippen molar-refractivity contribution in [3.8, 4) is 0 Å². The number of amides is 1. The van der Waals surface area contributed by atoms with Gasteiger partial charge in [-0.2, -0.15) is 0 Å². The van der Waals surface area contributed by atoms with Gasteiger partial charge < -0.3 is 9.64 Å². The summed E-state index contributed by atoms with van der Waals surface area (Å²) >= 11 is 0. The summed E-state index contributed by atoms with van der Waals surface area (Å²) in [5.74, 6) is 0.852. The van der Waals surface area contributed by atoms with Crippen molar-refractivity contribution in [3.05, 3.63) is 11.6 Å². The van der Waals surface area contributed by atoms with Crippen LogP contribution in [-0.4, -0.2) is 35.5 Å². The van der Waals surface area contributed by atoms with Crippen LogP contribution in [0.1, 0.15) is 38.5 Å². The molecule has 1 amide bonds. The van der Waals surface area contributed by atoms with Crippen molar-refractivity contribution < 1.29 is 14.3 Å². The van der Waals surface area contributed by atoms with Gasteiger partial charge in [0.25, 0.3) is 0 Å². The Morgan fingerprint density at radius 1 is 1.32 bits per heavy atom. The van der Waals surface area contributed by atoms with Crippen LogP contribution >= 0.6 is 0 Å². The van der Waals surface area contributed by atoms with Crippen LogP contribution in [0.25, 0.3) is 0 Å². The molecule has 3 aliphatic heterocycles. The van der Waals surface area contributed by atoms with Crippen LogP contribution in [0.2, 0.25) is 0 Å². The van der Waals surface area contributed by atoms with Gasteiger partial charge in [0.2, 0.25) is 5.91 Å². The molecule has 0 aromatic heterocycles. The van der Waals surface area contributed by atoms with Gasteiger partial charge in [0.15, 0.2) is 0 Å². The molecule has 1 spiro atoms. The Hall–Kier alpha value is -1.32. The summed E-state index contributed by atoms with van der Waals surface area (Å²) in [6, 6.07) is 0. The molecule has 4 heteroatoms. The van der Waals surface area contributed by atoms with Gasteiger partial charge in [0, 0.05) is 25.0 Å². The van der Waals surface area contributed by atoms with Crippen molar-refractivity contribution in [1.29, 1.82) is 0 Å². The fourth-order valence-corrected chi connectivity index (χ4v) is 4.94. The summed E-state index contributed by atoms with van der Waals surface area (Å²) in [4.78, 5) is 25.9. The maximum Gasteiger partial charge on any atom is 0.330 e. The maximum absolute atomic E-state index is 12.3. The zero-order valence-corrected chi connectivity index (χ0v) is 11.1. The zero-order chi connectivity index (χ0) is 13.0. The Labute approximate surface area is 112 Å². The minimum atomic E-state index is -0.201. The van der Waals surface area contributed by atoms with E-state index in [1.54, 1.807) is 6.08 Å². The van der Waals surface area contributed by atoms with Crippen LogP contribution in [0.3, 0.4) is 0 Å². The van der Waals surface area contributed by atoms with Gasteiger partial charge >= 0.3 is 5.97 Å². The average molecular weight is 261 g/mol. The molecule has 4 nitrogen and oxygen atoms in total. The Kier molecular flexibility index (Phi) is 2.32. The van der Waals surface area contributed by atoms with Crippen molar-refractivity contribution in [3.63, 3.8) is 0 Å². The van der Waals surface area contributed by atoms with Gasteiger partial charge in [-0.25, -0.2) is 4.79 Å². The van der Waals surface area contributed by atoms with E-state index in [-0.39, 0.29) is 17.4 Å². The predicted molar refractivity (Wildman–Crippen MR) is 68.2 cm³/mol. The van der Waals surface area contributed by atoms with Crippen LogP contribution in [0.4, 0.5) is 0 Å². The lowest BCUT2D eigenvalue weighted by atomic mass is 9.62. The molecule has 0 N–H and O–H groups in total. The second-order valence-electron chi connectivity index (χ2n) is 6.34. The second kappa shape index (κ2) is 3.84. The molecular weight excluding hydrogens is 242 g/mol. The minimum absolute atomic E-state index is 0.0277. The minimum Gasteiger partial charge on any atom is -0.462 e. The molecule has 0 aromatic rings. The number of hydrogen-bond donors (Lipinski definition) is 0. The smallest absolute Gasteiger partial charge is 0.330 e. The van der Waals surface area contributed by atoms with Crippen LogP contribution < -0.4 is 0 Å². The molecule has 19 heavy (non-hydrogen) atoms. The number of rotatable bonds is 0. The Morgan fingerprint density at radius 2 is 2.21 bits per heavy atom. The van der Waals surface area contributed by atoms with Crippen LogP contribution in [0, 0.1) is 11.8 Å². The SMILES string of the molecule is O=C1C=C2CCN3C(=O)C[C@@H]4CCCC[C@@]43[C@@H]2CO1. The van der Waals surface area contributed by atoms with Gasteiger partial charge in [-0.1, -0.05) is 18.4 Å². The number of fused-ring (bicyclic) bond motifs is 1. The first-order valence-corrected chi connectivity index (χ1v) is 7.39. The van der Waals surface area contributed by atoms with Crippen molar-refractivity contribution in [2.75, 3.05) is 13.2 Å². The fourth-order valence-electron chi connectivity index (χ4n) is 4.94. The summed E-state index contributed by atoms with van der Waals surface area (Å²) in [6.07, 6.45) is 7.91. The van der Waals surface area contributed by atoms with Gasteiger partial charge in [-0.05, 0) is 25.2 Å². The Morgan fingerprint density at radius 3 is 3.11 bits per heavy atom.